The Morgan fingerprint density at radius 1 is 0.328 bits per heavy atom. The number of furan rings is 1. The SMILES string of the molecule is c1ccc(-c2ccc(-c3c4c(cc5c3c3cc(N(c6ccc(-c7ccccc7)cc6)c6ccc7ccccc7c6)ccc3n5-c3ccccc3)oc3ccccc34)cc2)cc1. The van der Waals surface area contributed by atoms with Crippen LogP contribution in [0.2, 0.25) is 0 Å². The Morgan fingerprint density at radius 3 is 1.59 bits per heavy atom. The van der Waals surface area contributed by atoms with Crippen molar-refractivity contribution in [2.24, 2.45) is 0 Å². The van der Waals surface area contributed by atoms with E-state index in [0.717, 1.165) is 66.7 Å². The number of aromatic nitrogens is 1. The van der Waals surface area contributed by atoms with Crippen LogP contribution >= 0.6 is 0 Å². The van der Waals surface area contributed by atoms with E-state index in [9.17, 15) is 0 Å². The van der Waals surface area contributed by atoms with Gasteiger partial charge in [-0.05, 0) is 99.3 Å². The number of fused-ring (bicyclic) bond motifs is 7. The van der Waals surface area contributed by atoms with Gasteiger partial charge in [0.25, 0.3) is 0 Å². The first-order valence-corrected chi connectivity index (χ1v) is 20.8. The molecule has 0 fully saturated rings. The summed E-state index contributed by atoms with van der Waals surface area (Å²) in [6, 6.07) is 82.9. The number of rotatable bonds is 7. The zero-order valence-corrected chi connectivity index (χ0v) is 33.2. The van der Waals surface area contributed by atoms with Crippen molar-refractivity contribution in [3.63, 3.8) is 0 Å². The van der Waals surface area contributed by atoms with Gasteiger partial charge >= 0.3 is 0 Å². The minimum atomic E-state index is 0.868. The first kappa shape index (κ1) is 34.9. The highest BCUT2D eigenvalue weighted by molar-refractivity contribution is 6.27. The molecule has 0 aliphatic carbocycles. The summed E-state index contributed by atoms with van der Waals surface area (Å²) < 4.78 is 9.14. The lowest BCUT2D eigenvalue weighted by molar-refractivity contribution is 0.669. The largest absolute Gasteiger partial charge is 0.456 e. The van der Waals surface area contributed by atoms with Crippen LogP contribution in [-0.2, 0) is 0 Å². The van der Waals surface area contributed by atoms with Crippen LogP contribution in [0.15, 0.2) is 235 Å². The number of hydrogen-bond acceptors (Lipinski definition) is 2. The number of benzene rings is 10. The van der Waals surface area contributed by atoms with Crippen molar-refractivity contribution in [2.45, 2.75) is 0 Å². The Bertz CT molecular complexity index is 3550. The van der Waals surface area contributed by atoms with E-state index < -0.39 is 0 Å². The molecule has 0 unspecified atom stereocenters. The van der Waals surface area contributed by atoms with Crippen molar-refractivity contribution in [1.82, 2.24) is 4.57 Å². The smallest absolute Gasteiger partial charge is 0.138 e. The molecule has 0 aliphatic heterocycles. The number of anilines is 3. The van der Waals surface area contributed by atoms with Gasteiger partial charge in [-0.3, -0.25) is 0 Å². The fourth-order valence-corrected chi connectivity index (χ4v) is 9.31. The molecule has 0 atom stereocenters. The Morgan fingerprint density at radius 2 is 0.869 bits per heavy atom. The normalized spacial score (nSPS) is 11.6. The minimum absolute atomic E-state index is 0.868. The van der Waals surface area contributed by atoms with E-state index in [1.165, 1.54) is 44.0 Å². The Balaban J connectivity index is 1.16. The predicted octanol–water partition coefficient (Wildman–Crippen LogP) is 16.3. The van der Waals surface area contributed by atoms with Crippen LogP contribution in [0.5, 0.6) is 0 Å². The molecule has 0 radical (unpaired) electrons. The van der Waals surface area contributed by atoms with Crippen molar-refractivity contribution in [1.29, 1.82) is 0 Å². The van der Waals surface area contributed by atoms with Crippen LogP contribution in [-0.4, -0.2) is 4.57 Å². The predicted molar refractivity (Wildman–Crippen MR) is 257 cm³/mol. The first-order chi connectivity index (χ1) is 30.2. The highest BCUT2D eigenvalue weighted by Crippen LogP contribution is 2.48. The molecule has 12 rings (SSSR count). The molecule has 3 nitrogen and oxygen atoms in total. The van der Waals surface area contributed by atoms with E-state index in [1.54, 1.807) is 0 Å². The van der Waals surface area contributed by atoms with Gasteiger partial charge in [0.1, 0.15) is 11.2 Å². The number of para-hydroxylation sites is 2. The van der Waals surface area contributed by atoms with E-state index in [0.29, 0.717) is 0 Å². The lowest BCUT2D eigenvalue weighted by Crippen LogP contribution is -2.10. The van der Waals surface area contributed by atoms with Gasteiger partial charge < -0.3 is 13.9 Å². The molecule has 0 spiro atoms. The molecule has 0 bridgehead atoms. The molecular formula is C58H38N2O. The fraction of sp³-hybridized carbons (Fsp3) is 0. The van der Waals surface area contributed by atoms with Crippen molar-refractivity contribution in [3.8, 4) is 39.1 Å². The highest BCUT2D eigenvalue weighted by atomic mass is 16.3. The molecule has 0 aliphatic rings. The summed E-state index contributed by atoms with van der Waals surface area (Å²) in [4.78, 5) is 2.40. The van der Waals surface area contributed by atoms with Crippen LogP contribution in [0.4, 0.5) is 17.1 Å². The molecule has 61 heavy (non-hydrogen) atoms. The molecule has 3 heteroatoms. The second-order valence-electron chi connectivity index (χ2n) is 15.7. The van der Waals surface area contributed by atoms with Crippen LogP contribution in [0.3, 0.4) is 0 Å². The topological polar surface area (TPSA) is 21.3 Å². The molecule has 12 aromatic rings. The van der Waals surface area contributed by atoms with Gasteiger partial charge in [-0.15, -0.1) is 0 Å². The van der Waals surface area contributed by atoms with E-state index in [-0.39, 0.29) is 0 Å². The van der Waals surface area contributed by atoms with Gasteiger partial charge in [0.2, 0.25) is 0 Å². The molecule has 10 aromatic carbocycles. The summed E-state index contributed by atoms with van der Waals surface area (Å²) in [6.07, 6.45) is 0. The van der Waals surface area contributed by atoms with Crippen LogP contribution < -0.4 is 4.90 Å². The summed E-state index contributed by atoms with van der Waals surface area (Å²) in [5.41, 5.74) is 15.4. The quantitative estimate of drug-likeness (QED) is 0.161. The lowest BCUT2D eigenvalue weighted by atomic mass is 9.93. The van der Waals surface area contributed by atoms with E-state index in [1.807, 2.05) is 0 Å². The maximum atomic E-state index is 6.74. The molecular weight excluding hydrogens is 741 g/mol. The fourth-order valence-electron chi connectivity index (χ4n) is 9.31. The van der Waals surface area contributed by atoms with Gasteiger partial charge in [0.15, 0.2) is 0 Å². The van der Waals surface area contributed by atoms with Gasteiger partial charge in [-0.1, -0.05) is 164 Å². The molecule has 2 aromatic heterocycles. The van der Waals surface area contributed by atoms with E-state index in [4.69, 9.17) is 4.42 Å². The van der Waals surface area contributed by atoms with Gasteiger partial charge in [0.05, 0.1) is 11.0 Å². The minimum Gasteiger partial charge on any atom is -0.456 e. The average molecular weight is 779 g/mol. The molecule has 0 saturated carbocycles. The third-order valence-corrected chi connectivity index (χ3v) is 12.2. The number of nitrogens with zero attached hydrogens (tertiary/aromatic N) is 2. The van der Waals surface area contributed by atoms with E-state index in [2.05, 4.69) is 240 Å². The van der Waals surface area contributed by atoms with Crippen LogP contribution in [0.1, 0.15) is 0 Å². The molecule has 0 amide bonds. The van der Waals surface area contributed by atoms with Gasteiger partial charge in [-0.2, -0.15) is 0 Å². The summed E-state index contributed by atoms with van der Waals surface area (Å²) in [6.45, 7) is 0. The third-order valence-electron chi connectivity index (χ3n) is 12.2. The zero-order chi connectivity index (χ0) is 40.3. The molecule has 286 valence electrons. The zero-order valence-electron chi connectivity index (χ0n) is 33.2. The van der Waals surface area contributed by atoms with Gasteiger partial charge in [0, 0.05) is 55.9 Å². The maximum Gasteiger partial charge on any atom is 0.138 e. The summed E-state index contributed by atoms with van der Waals surface area (Å²) >= 11 is 0. The molecule has 2 heterocycles. The monoisotopic (exact) mass is 778 g/mol. The van der Waals surface area contributed by atoms with Crippen LogP contribution in [0.25, 0.3) is 93.6 Å². The van der Waals surface area contributed by atoms with Gasteiger partial charge in [-0.25, -0.2) is 0 Å². The second-order valence-corrected chi connectivity index (χ2v) is 15.7. The van der Waals surface area contributed by atoms with E-state index >= 15 is 0 Å². The number of hydrogen-bond donors (Lipinski definition) is 0. The third kappa shape index (κ3) is 5.90. The van der Waals surface area contributed by atoms with Crippen molar-refractivity contribution in [3.05, 3.63) is 231 Å². The maximum absolute atomic E-state index is 6.74. The Hall–Kier alpha value is -8.14. The van der Waals surface area contributed by atoms with Crippen molar-refractivity contribution < 1.29 is 4.42 Å². The lowest BCUT2D eigenvalue weighted by Gasteiger charge is -2.26. The summed E-state index contributed by atoms with van der Waals surface area (Å²) in [7, 11) is 0. The first-order valence-electron chi connectivity index (χ1n) is 20.8. The molecule has 0 saturated heterocycles. The Kier molecular flexibility index (Phi) is 8.17. The van der Waals surface area contributed by atoms with Crippen molar-refractivity contribution >= 4 is 71.6 Å². The average Bonchev–Trinajstić information content (AvgIpc) is 3.87. The highest BCUT2D eigenvalue weighted by Gasteiger charge is 2.24. The second kappa shape index (κ2) is 14.3. The molecule has 0 N–H and O–H groups in total. The van der Waals surface area contributed by atoms with Crippen molar-refractivity contribution in [2.75, 3.05) is 4.90 Å². The van der Waals surface area contributed by atoms with Crippen LogP contribution in [0, 0.1) is 0 Å². The standard InChI is InChI=1S/C58H38N2O/c1-4-14-39(15-5-1)42-24-26-44(27-25-42)56-57-51-37-49(34-35-52(51)60(46-20-8-3-9-21-46)53(57)38-55-58(56)50-22-12-13-23-54(50)61-55)59(48-33-30-41-18-10-11-19-45(41)36-48)47-31-28-43(29-32-47)40-16-6-2-7-17-40/h1-38H. The Labute approximate surface area is 353 Å². The summed E-state index contributed by atoms with van der Waals surface area (Å²) in [5.74, 6) is 0. The summed E-state index contributed by atoms with van der Waals surface area (Å²) in [5, 5.41) is 6.99.